The molecule has 0 saturated carbocycles. The van der Waals surface area contributed by atoms with Crippen LogP contribution in [0.2, 0.25) is 0 Å². The predicted octanol–water partition coefficient (Wildman–Crippen LogP) is 4.24. The van der Waals surface area contributed by atoms with Crippen molar-refractivity contribution in [3.63, 3.8) is 0 Å². The Labute approximate surface area is 136 Å². The summed E-state index contributed by atoms with van der Waals surface area (Å²) >= 11 is 0. The number of benzene rings is 1. The molecule has 2 heterocycles. The molecule has 0 unspecified atom stereocenters. The lowest BCUT2D eigenvalue weighted by Gasteiger charge is -2.21. The number of aromatic nitrogens is 3. The van der Waals surface area contributed by atoms with Crippen LogP contribution in [0.5, 0.6) is 5.75 Å². The Kier molecular flexibility index (Phi) is 3.90. The number of nitrogens with zero attached hydrogens (tertiary/aromatic N) is 3. The number of ether oxygens (including phenoxy) is 1. The summed E-state index contributed by atoms with van der Waals surface area (Å²) in [6.07, 6.45) is 5.70. The van der Waals surface area contributed by atoms with E-state index in [4.69, 9.17) is 9.84 Å². The van der Waals surface area contributed by atoms with Gasteiger partial charge in [0.1, 0.15) is 5.75 Å². The SMILES string of the molecule is COc1ccc(-n2ccc(-c3cnccc3C(C)(C)C)n2)cc1. The van der Waals surface area contributed by atoms with E-state index in [-0.39, 0.29) is 5.41 Å². The van der Waals surface area contributed by atoms with Crippen LogP contribution >= 0.6 is 0 Å². The van der Waals surface area contributed by atoms with E-state index in [1.807, 2.05) is 53.6 Å². The predicted molar refractivity (Wildman–Crippen MR) is 92.0 cm³/mol. The molecule has 0 fully saturated rings. The Balaban J connectivity index is 1.99. The zero-order valence-corrected chi connectivity index (χ0v) is 13.9. The molecule has 0 saturated heterocycles. The van der Waals surface area contributed by atoms with Crippen molar-refractivity contribution in [3.8, 4) is 22.7 Å². The van der Waals surface area contributed by atoms with Crippen molar-refractivity contribution in [1.82, 2.24) is 14.8 Å². The minimum Gasteiger partial charge on any atom is -0.497 e. The molecule has 23 heavy (non-hydrogen) atoms. The van der Waals surface area contributed by atoms with Gasteiger partial charge in [-0.25, -0.2) is 4.68 Å². The Morgan fingerprint density at radius 3 is 2.39 bits per heavy atom. The van der Waals surface area contributed by atoms with Crippen LogP contribution < -0.4 is 4.74 Å². The molecule has 0 aliphatic rings. The fourth-order valence-electron chi connectivity index (χ4n) is 2.60. The van der Waals surface area contributed by atoms with E-state index in [9.17, 15) is 0 Å². The molecule has 0 aliphatic carbocycles. The third kappa shape index (κ3) is 3.11. The maximum atomic E-state index is 5.19. The van der Waals surface area contributed by atoms with Gasteiger partial charge in [0.15, 0.2) is 0 Å². The second-order valence-corrected chi connectivity index (χ2v) is 6.51. The summed E-state index contributed by atoms with van der Waals surface area (Å²) in [7, 11) is 1.66. The summed E-state index contributed by atoms with van der Waals surface area (Å²) in [4.78, 5) is 4.27. The average molecular weight is 307 g/mol. The van der Waals surface area contributed by atoms with E-state index >= 15 is 0 Å². The van der Waals surface area contributed by atoms with Crippen LogP contribution in [-0.4, -0.2) is 21.9 Å². The van der Waals surface area contributed by atoms with Crippen molar-refractivity contribution >= 4 is 0 Å². The molecular weight excluding hydrogens is 286 g/mol. The van der Waals surface area contributed by atoms with E-state index in [0.717, 1.165) is 22.7 Å². The van der Waals surface area contributed by atoms with Gasteiger partial charge in [-0.15, -0.1) is 0 Å². The quantitative estimate of drug-likeness (QED) is 0.726. The van der Waals surface area contributed by atoms with Crippen molar-refractivity contribution < 1.29 is 4.74 Å². The van der Waals surface area contributed by atoms with Gasteiger partial charge in [0, 0.05) is 24.2 Å². The molecule has 0 amide bonds. The summed E-state index contributed by atoms with van der Waals surface area (Å²) in [5, 5.41) is 4.72. The third-order valence-corrected chi connectivity index (χ3v) is 3.83. The van der Waals surface area contributed by atoms with Crippen LogP contribution in [0.25, 0.3) is 16.9 Å². The summed E-state index contributed by atoms with van der Waals surface area (Å²) in [6.45, 7) is 6.60. The highest BCUT2D eigenvalue weighted by Gasteiger charge is 2.19. The molecular formula is C19H21N3O. The van der Waals surface area contributed by atoms with Gasteiger partial charge in [-0.2, -0.15) is 5.10 Å². The van der Waals surface area contributed by atoms with Crippen LogP contribution in [0, 0.1) is 0 Å². The molecule has 0 N–H and O–H groups in total. The molecule has 0 radical (unpaired) electrons. The number of hydrogen-bond donors (Lipinski definition) is 0. The lowest BCUT2D eigenvalue weighted by Crippen LogP contribution is -2.13. The first-order chi connectivity index (χ1) is 11.0. The largest absolute Gasteiger partial charge is 0.497 e. The fraction of sp³-hybridized carbons (Fsp3) is 0.263. The minimum absolute atomic E-state index is 0.0438. The molecule has 0 atom stereocenters. The van der Waals surface area contributed by atoms with Gasteiger partial charge in [0.05, 0.1) is 18.5 Å². The van der Waals surface area contributed by atoms with Gasteiger partial charge in [-0.1, -0.05) is 20.8 Å². The average Bonchev–Trinajstić information content (AvgIpc) is 3.04. The Morgan fingerprint density at radius 2 is 1.74 bits per heavy atom. The molecule has 2 aromatic heterocycles. The summed E-state index contributed by atoms with van der Waals surface area (Å²) in [6, 6.07) is 11.9. The van der Waals surface area contributed by atoms with Crippen molar-refractivity contribution in [2.75, 3.05) is 7.11 Å². The lowest BCUT2D eigenvalue weighted by molar-refractivity contribution is 0.414. The van der Waals surface area contributed by atoms with Gasteiger partial charge in [0.25, 0.3) is 0 Å². The molecule has 3 aromatic rings. The first-order valence-corrected chi connectivity index (χ1v) is 7.64. The van der Waals surface area contributed by atoms with E-state index < -0.39 is 0 Å². The smallest absolute Gasteiger partial charge is 0.119 e. The maximum Gasteiger partial charge on any atom is 0.119 e. The van der Waals surface area contributed by atoms with Crippen LogP contribution in [-0.2, 0) is 5.41 Å². The van der Waals surface area contributed by atoms with Crippen LogP contribution in [0.3, 0.4) is 0 Å². The highest BCUT2D eigenvalue weighted by molar-refractivity contribution is 5.64. The first-order valence-electron chi connectivity index (χ1n) is 7.64. The molecule has 0 aliphatic heterocycles. The van der Waals surface area contributed by atoms with Gasteiger partial charge in [0.2, 0.25) is 0 Å². The second kappa shape index (κ2) is 5.88. The number of pyridine rings is 1. The summed E-state index contributed by atoms with van der Waals surface area (Å²) in [5.41, 5.74) is 4.29. The Morgan fingerprint density at radius 1 is 1.00 bits per heavy atom. The highest BCUT2D eigenvalue weighted by atomic mass is 16.5. The minimum atomic E-state index is 0.0438. The molecule has 3 rings (SSSR count). The standard InChI is InChI=1S/C19H21N3O/c1-19(2,3)17-9-11-20-13-16(17)18-10-12-22(21-18)14-5-7-15(23-4)8-6-14/h5-13H,1-4H3. The topological polar surface area (TPSA) is 39.9 Å². The molecule has 0 spiro atoms. The van der Waals surface area contributed by atoms with Crippen molar-refractivity contribution in [3.05, 3.63) is 60.6 Å². The Hall–Kier alpha value is -2.62. The molecule has 118 valence electrons. The van der Waals surface area contributed by atoms with Gasteiger partial charge in [-0.05, 0) is 47.4 Å². The third-order valence-electron chi connectivity index (χ3n) is 3.83. The zero-order valence-electron chi connectivity index (χ0n) is 13.9. The summed E-state index contributed by atoms with van der Waals surface area (Å²) in [5.74, 6) is 0.836. The zero-order chi connectivity index (χ0) is 16.4. The van der Waals surface area contributed by atoms with Crippen molar-refractivity contribution in [2.24, 2.45) is 0 Å². The van der Waals surface area contributed by atoms with E-state index in [1.165, 1.54) is 5.56 Å². The maximum absolute atomic E-state index is 5.19. The molecule has 4 nitrogen and oxygen atoms in total. The van der Waals surface area contributed by atoms with E-state index in [2.05, 4.69) is 31.8 Å². The lowest BCUT2D eigenvalue weighted by atomic mass is 9.84. The molecule has 4 heteroatoms. The van der Waals surface area contributed by atoms with Gasteiger partial charge < -0.3 is 4.74 Å². The van der Waals surface area contributed by atoms with Crippen LogP contribution in [0.1, 0.15) is 26.3 Å². The number of rotatable bonds is 3. The van der Waals surface area contributed by atoms with Gasteiger partial charge >= 0.3 is 0 Å². The first kappa shape index (κ1) is 15.3. The van der Waals surface area contributed by atoms with Crippen molar-refractivity contribution in [2.45, 2.75) is 26.2 Å². The van der Waals surface area contributed by atoms with Crippen LogP contribution in [0.4, 0.5) is 0 Å². The highest BCUT2D eigenvalue weighted by Crippen LogP contribution is 2.31. The van der Waals surface area contributed by atoms with Crippen molar-refractivity contribution in [1.29, 1.82) is 0 Å². The Bertz CT molecular complexity index is 798. The van der Waals surface area contributed by atoms with E-state index in [0.29, 0.717) is 0 Å². The van der Waals surface area contributed by atoms with Gasteiger partial charge in [-0.3, -0.25) is 4.98 Å². The van der Waals surface area contributed by atoms with E-state index in [1.54, 1.807) is 7.11 Å². The number of methoxy groups -OCH3 is 1. The normalized spacial score (nSPS) is 11.5. The van der Waals surface area contributed by atoms with Crippen LogP contribution in [0.15, 0.2) is 55.0 Å². The molecule has 1 aromatic carbocycles. The summed E-state index contributed by atoms with van der Waals surface area (Å²) < 4.78 is 7.06. The monoisotopic (exact) mass is 307 g/mol. The number of hydrogen-bond acceptors (Lipinski definition) is 3. The fourth-order valence-corrected chi connectivity index (χ4v) is 2.60. The second-order valence-electron chi connectivity index (χ2n) is 6.51. The molecule has 0 bridgehead atoms.